The second-order valence-electron chi connectivity index (χ2n) is 3.15. The van der Waals surface area contributed by atoms with E-state index in [0.717, 1.165) is 0 Å². The first-order chi connectivity index (χ1) is 6.98. The molecule has 0 bridgehead atoms. The molecule has 1 aromatic rings. The van der Waals surface area contributed by atoms with Gasteiger partial charge in [0.05, 0.1) is 10.3 Å². The van der Waals surface area contributed by atoms with Crippen molar-refractivity contribution in [3.05, 3.63) is 23.4 Å². The number of alkyl halides is 1. The Bertz CT molecular complexity index is 416. The molecule has 0 N–H and O–H groups in total. The summed E-state index contributed by atoms with van der Waals surface area (Å²) in [6.45, 7) is 1.62. The Kier molecular flexibility index (Phi) is 4.37. The quantitative estimate of drug-likeness (QED) is 0.788. The van der Waals surface area contributed by atoms with Gasteiger partial charge in [0.15, 0.2) is 14.9 Å². The lowest BCUT2D eigenvalue weighted by Gasteiger charge is -2.10. The summed E-state index contributed by atoms with van der Waals surface area (Å²) in [4.78, 5) is 3.79. The van der Waals surface area contributed by atoms with Crippen molar-refractivity contribution >= 4 is 33.0 Å². The van der Waals surface area contributed by atoms with E-state index in [1.54, 1.807) is 6.92 Å². The summed E-state index contributed by atoms with van der Waals surface area (Å²) >= 11 is 11.1. The van der Waals surface area contributed by atoms with Crippen molar-refractivity contribution in [1.82, 2.24) is 4.98 Å². The zero-order valence-corrected chi connectivity index (χ0v) is 10.5. The molecule has 0 aromatic carbocycles. The molecule has 0 spiro atoms. The van der Waals surface area contributed by atoms with Crippen molar-refractivity contribution in [3.63, 3.8) is 0 Å². The van der Waals surface area contributed by atoms with Crippen LogP contribution in [0.15, 0.2) is 23.4 Å². The lowest BCUT2D eigenvalue weighted by Crippen LogP contribution is -2.19. The normalized spacial score (nSPS) is 13.8. The highest BCUT2D eigenvalue weighted by Gasteiger charge is 2.23. The van der Waals surface area contributed by atoms with E-state index in [1.165, 1.54) is 18.3 Å². The van der Waals surface area contributed by atoms with Gasteiger partial charge >= 0.3 is 0 Å². The van der Waals surface area contributed by atoms with Gasteiger partial charge in [0.2, 0.25) is 0 Å². The molecule has 1 aromatic heterocycles. The molecule has 0 aliphatic heterocycles. The maximum absolute atomic E-state index is 11.9. The van der Waals surface area contributed by atoms with Gasteiger partial charge in [-0.25, -0.2) is 13.4 Å². The van der Waals surface area contributed by atoms with Crippen molar-refractivity contribution in [3.8, 4) is 0 Å². The SMILES string of the molecule is CC(CCCl)S(=O)(=O)c1ccc(Cl)cn1. The minimum absolute atomic E-state index is 0.0458. The number of hydrogen-bond donors (Lipinski definition) is 0. The molecule has 15 heavy (non-hydrogen) atoms. The van der Waals surface area contributed by atoms with Gasteiger partial charge in [-0.1, -0.05) is 11.6 Å². The summed E-state index contributed by atoms with van der Waals surface area (Å²) in [5, 5.41) is -0.0628. The van der Waals surface area contributed by atoms with Crippen LogP contribution in [0.5, 0.6) is 0 Å². The van der Waals surface area contributed by atoms with Gasteiger partial charge in [-0.3, -0.25) is 0 Å². The van der Waals surface area contributed by atoms with Crippen LogP contribution < -0.4 is 0 Å². The number of pyridine rings is 1. The van der Waals surface area contributed by atoms with E-state index in [1.807, 2.05) is 0 Å². The van der Waals surface area contributed by atoms with Gasteiger partial charge in [0.1, 0.15) is 0 Å². The highest BCUT2D eigenvalue weighted by atomic mass is 35.5. The van der Waals surface area contributed by atoms with Crippen LogP contribution >= 0.6 is 23.2 Å². The first-order valence-corrected chi connectivity index (χ1v) is 6.85. The standard InChI is InChI=1S/C9H11Cl2NO2S/c1-7(4-5-10)15(13,14)9-3-2-8(11)6-12-9/h2-3,6-7H,4-5H2,1H3. The monoisotopic (exact) mass is 267 g/mol. The topological polar surface area (TPSA) is 47.0 Å². The molecule has 6 heteroatoms. The van der Waals surface area contributed by atoms with Gasteiger partial charge in [-0.05, 0) is 25.5 Å². The lowest BCUT2D eigenvalue weighted by molar-refractivity contribution is 0.577. The van der Waals surface area contributed by atoms with Gasteiger partial charge in [-0.2, -0.15) is 0 Å². The second kappa shape index (κ2) is 5.14. The molecule has 0 fully saturated rings. The fraction of sp³-hybridized carbons (Fsp3) is 0.444. The van der Waals surface area contributed by atoms with Gasteiger partial charge < -0.3 is 0 Å². The van der Waals surface area contributed by atoms with Gasteiger partial charge in [-0.15, -0.1) is 11.6 Å². The lowest BCUT2D eigenvalue weighted by atomic mass is 10.4. The first kappa shape index (κ1) is 12.7. The summed E-state index contributed by atoms with van der Waals surface area (Å²) in [5.41, 5.74) is 0. The third-order valence-electron chi connectivity index (χ3n) is 2.04. The number of aromatic nitrogens is 1. The molecule has 0 amide bonds. The van der Waals surface area contributed by atoms with Crippen molar-refractivity contribution in [2.75, 3.05) is 5.88 Å². The summed E-state index contributed by atoms with van der Waals surface area (Å²) in [5.74, 6) is 0.313. The van der Waals surface area contributed by atoms with Crippen LogP contribution in [-0.2, 0) is 9.84 Å². The van der Waals surface area contributed by atoms with Crippen LogP contribution in [0, 0.1) is 0 Å². The zero-order chi connectivity index (χ0) is 11.5. The Hall–Kier alpha value is -0.320. The number of rotatable bonds is 4. The highest BCUT2D eigenvalue weighted by molar-refractivity contribution is 7.92. The van der Waals surface area contributed by atoms with Crippen LogP contribution in [-0.4, -0.2) is 24.5 Å². The molecule has 0 saturated heterocycles. The van der Waals surface area contributed by atoms with E-state index in [2.05, 4.69) is 4.98 Å². The third kappa shape index (κ3) is 3.06. The Morgan fingerprint density at radius 1 is 1.47 bits per heavy atom. The van der Waals surface area contributed by atoms with Gasteiger partial charge in [0.25, 0.3) is 0 Å². The molecule has 0 aliphatic carbocycles. The van der Waals surface area contributed by atoms with Crippen molar-refractivity contribution in [2.45, 2.75) is 23.6 Å². The van der Waals surface area contributed by atoms with E-state index < -0.39 is 15.1 Å². The van der Waals surface area contributed by atoms with E-state index >= 15 is 0 Å². The molecule has 0 aliphatic rings. The summed E-state index contributed by atoms with van der Waals surface area (Å²) in [6.07, 6.45) is 1.73. The molecule has 0 radical (unpaired) electrons. The first-order valence-electron chi connectivity index (χ1n) is 4.40. The van der Waals surface area contributed by atoms with Crippen molar-refractivity contribution < 1.29 is 8.42 Å². The smallest absolute Gasteiger partial charge is 0.198 e. The largest absolute Gasteiger partial charge is 0.243 e. The Morgan fingerprint density at radius 2 is 2.13 bits per heavy atom. The van der Waals surface area contributed by atoms with Gasteiger partial charge in [0, 0.05) is 12.1 Å². The molecule has 1 unspecified atom stereocenters. The van der Waals surface area contributed by atoms with Crippen LogP contribution in [0.25, 0.3) is 0 Å². The van der Waals surface area contributed by atoms with Crippen LogP contribution in [0.3, 0.4) is 0 Å². The fourth-order valence-electron chi connectivity index (χ4n) is 1.05. The maximum atomic E-state index is 11.9. The molecular weight excluding hydrogens is 257 g/mol. The minimum atomic E-state index is -3.37. The number of sulfone groups is 1. The zero-order valence-electron chi connectivity index (χ0n) is 8.15. The van der Waals surface area contributed by atoms with Crippen LogP contribution in [0.1, 0.15) is 13.3 Å². The summed E-state index contributed by atoms with van der Waals surface area (Å²) < 4.78 is 23.7. The number of halogens is 2. The van der Waals surface area contributed by atoms with Crippen molar-refractivity contribution in [2.24, 2.45) is 0 Å². The van der Waals surface area contributed by atoms with E-state index in [-0.39, 0.29) is 5.03 Å². The summed E-state index contributed by atoms with van der Waals surface area (Å²) in [7, 11) is -3.37. The van der Waals surface area contributed by atoms with Crippen LogP contribution in [0.4, 0.5) is 0 Å². The molecule has 84 valence electrons. The van der Waals surface area contributed by atoms with E-state index in [9.17, 15) is 8.42 Å². The van der Waals surface area contributed by atoms with E-state index in [4.69, 9.17) is 23.2 Å². The predicted molar refractivity (Wildman–Crippen MR) is 61.2 cm³/mol. The average Bonchev–Trinajstić information content (AvgIpc) is 2.18. The summed E-state index contributed by atoms with van der Waals surface area (Å²) in [6, 6.07) is 2.91. The molecule has 0 saturated carbocycles. The Labute approximate surface area is 99.3 Å². The fourth-order valence-corrected chi connectivity index (χ4v) is 2.91. The minimum Gasteiger partial charge on any atom is -0.243 e. The average molecular weight is 268 g/mol. The molecular formula is C9H11Cl2NO2S. The van der Waals surface area contributed by atoms with E-state index in [0.29, 0.717) is 17.3 Å². The molecule has 1 heterocycles. The third-order valence-corrected chi connectivity index (χ3v) is 4.60. The van der Waals surface area contributed by atoms with Crippen LogP contribution in [0.2, 0.25) is 5.02 Å². The Morgan fingerprint density at radius 3 is 2.60 bits per heavy atom. The predicted octanol–water partition coefficient (Wildman–Crippen LogP) is 2.53. The number of hydrogen-bond acceptors (Lipinski definition) is 3. The van der Waals surface area contributed by atoms with Crippen molar-refractivity contribution in [1.29, 1.82) is 0 Å². The molecule has 1 atom stereocenters. The number of nitrogens with zero attached hydrogens (tertiary/aromatic N) is 1. The molecule has 1 rings (SSSR count). The maximum Gasteiger partial charge on any atom is 0.198 e. The Balaban J connectivity index is 3.01. The molecule has 3 nitrogen and oxygen atoms in total. The highest BCUT2D eigenvalue weighted by Crippen LogP contribution is 2.17. The second-order valence-corrected chi connectivity index (χ2v) is 6.28.